The van der Waals surface area contributed by atoms with Crippen molar-refractivity contribution in [3.63, 3.8) is 0 Å². The number of fused-ring (bicyclic) bond motifs is 2. The van der Waals surface area contributed by atoms with Gasteiger partial charge in [0.1, 0.15) is 5.65 Å². The molecule has 35 heavy (non-hydrogen) atoms. The van der Waals surface area contributed by atoms with Gasteiger partial charge in [-0.05, 0) is 61.6 Å². The van der Waals surface area contributed by atoms with E-state index in [2.05, 4.69) is 20.6 Å². The number of halogens is 1. The van der Waals surface area contributed by atoms with Crippen molar-refractivity contribution in [1.29, 1.82) is 0 Å². The number of carbonyl (C=O) groups excluding carboxylic acids is 1. The summed E-state index contributed by atoms with van der Waals surface area (Å²) in [6.45, 7) is 3.31. The van der Waals surface area contributed by atoms with Crippen LogP contribution in [0.1, 0.15) is 29.7 Å². The van der Waals surface area contributed by atoms with Crippen LogP contribution in [0.15, 0.2) is 59.5 Å². The molecule has 1 amide bonds. The van der Waals surface area contributed by atoms with E-state index in [-0.39, 0.29) is 17.6 Å². The normalized spacial score (nSPS) is 16.9. The minimum atomic E-state index is -0.474. The first-order valence-electron chi connectivity index (χ1n) is 11.5. The Morgan fingerprint density at radius 3 is 2.74 bits per heavy atom. The summed E-state index contributed by atoms with van der Waals surface area (Å²) in [6, 6.07) is 14.3. The monoisotopic (exact) mass is 477 g/mol. The number of nitrogens with one attached hydrogen (secondary N) is 2. The second kappa shape index (κ2) is 11.2. The van der Waals surface area contributed by atoms with E-state index in [1.165, 1.54) is 10.5 Å². The maximum atomic E-state index is 14.1. The molecule has 4 aromatic rings. The molecule has 1 aromatic carbocycles. The predicted octanol–water partition coefficient (Wildman–Crippen LogP) is 2.48. The molecule has 0 spiro atoms. The van der Waals surface area contributed by atoms with Gasteiger partial charge in [0.05, 0.1) is 11.6 Å². The van der Waals surface area contributed by atoms with E-state index in [0.717, 1.165) is 29.5 Å². The van der Waals surface area contributed by atoms with Crippen LogP contribution >= 0.6 is 0 Å². The van der Waals surface area contributed by atoms with Gasteiger partial charge in [-0.25, -0.2) is 9.97 Å². The van der Waals surface area contributed by atoms with Crippen LogP contribution < -0.4 is 16.2 Å². The molecule has 1 fully saturated rings. The van der Waals surface area contributed by atoms with Gasteiger partial charge in [-0.15, -0.1) is 0 Å². The molecular weight excluding hydrogens is 449 g/mol. The summed E-state index contributed by atoms with van der Waals surface area (Å²) in [5.41, 5.74) is 3.46. The number of aromatic nitrogens is 3. The van der Waals surface area contributed by atoms with Gasteiger partial charge in [0.15, 0.2) is 0 Å². The number of benzene rings is 1. The molecule has 0 aliphatic heterocycles. The average Bonchev–Trinajstić information content (AvgIpc) is 2.85. The van der Waals surface area contributed by atoms with Gasteiger partial charge in [-0.1, -0.05) is 12.1 Å². The molecule has 2 unspecified atom stereocenters. The number of aliphatic hydroxyl groups is 1. The third-order valence-electron chi connectivity index (χ3n) is 6.09. The molecule has 2 atom stereocenters. The maximum Gasteiger partial charge on any atom is 0.258 e. The standard InChI is InChI=1S/C17H20FN3O2.C9H8N2O/c18-17-14(9-19-8-12-2-4-16(12)23)6-13-5-11(7-20-10-22)1-3-15(13)21-17;1-7-6-9(12)11-5-3-2-4-8(11)10-7/h1,3,5-6,10,12,16,19,23H,2,4,7-9H2,(H,20,22);2-6H,1H3. The summed E-state index contributed by atoms with van der Waals surface area (Å²) in [6.07, 6.45) is 4.01. The van der Waals surface area contributed by atoms with Crippen molar-refractivity contribution in [3.05, 3.63) is 87.9 Å². The molecule has 3 heterocycles. The zero-order valence-corrected chi connectivity index (χ0v) is 19.4. The SMILES string of the molecule is Cc1cc(=O)n2ccccc2n1.O=CNCc1ccc2nc(F)c(CNCC3CCC3O)cc2c1. The van der Waals surface area contributed by atoms with E-state index < -0.39 is 5.95 Å². The van der Waals surface area contributed by atoms with Gasteiger partial charge in [0.2, 0.25) is 12.4 Å². The Balaban J connectivity index is 0.000000201. The summed E-state index contributed by atoms with van der Waals surface area (Å²) in [5.74, 6) is -0.203. The Hall–Kier alpha value is -3.69. The number of aliphatic hydroxyl groups excluding tert-OH is 1. The molecular formula is C26H28FN5O3. The minimum Gasteiger partial charge on any atom is -0.393 e. The summed E-state index contributed by atoms with van der Waals surface area (Å²) in [5, 5.41) is 16.2. The van der Waals surface area contributed by atoms with Crippen molar-refractivity contribution >= 4 is 23.0 Å². The van der Waals surface area contributed by atoms with E-state index in [9.17, 15) is 19.1 Å². The van der Waals surface area contributed by atoms with Crippen LogP contribution in [0.3, 0.4) is 0 Å². The van der Waals surface area contributed by atoms with Crippen LogP contribution in [0.2, 0.25) is 0 Å². The average molecular weight is 478 g/mol. The van der Waals surface area contributed by atoms with Gasteiger partial charge < -0.3 is 15.7 Å². The highest BCUT2D eigenvalue weighted by molar-refractivity contribution is 5.79. The zero-order valence-electron chi connectivity index (χ0n) is 19.4. The Labute approximate surface area is 201 Å². The Morgan fingerprint density at radius 1 is 1.14 bits per heavy atom. The number of nitrogens with zero attached hydrogens (tertiary/aromatic N) is 3. The molecule has 1 saturated carbocycles. The maximum absolute atomic E-state index is 14.1. The molecule has 1 aliphatic rings. The summed E-state index contributed by atoms with van der Waals surface area (Å²) in [7, 11) is 0. The second-order valence-corrected chi connectivity index (χ2v) is 8.66. The van der Waals surface area contributed by atoms with Crippen LogP contribution in [0.5, 0.6) is 0 Å². The van der Waals surface area contributed by atoms with Gasteiger partial charge in [-0.3, -0.25) is 14.0 Å². The number of hydrogen-bond acceptors (Lipinski definition) is 6. The van der Waals surface area contributed by atoms with Crippen molar-refractivity contribution in [2.75, 3.05) is 6.54 Å². The lowest BCUT2D eigenvalue weighted by Crippen LogP contribution is -2.38. The number of aryl methyl sites for hydroxylation is 1. The first kappa shape index (κ1) is 24.4. The van der Waals surface area contributed by atoms with Gasteiger partial charge in [0, 0.05) is 48.5 Å². The molecule has 9 heteroatoms. The molecule has 3 aromatic heterocycles. The van der Waals surface area contributed by atoms with Crippen LogP contribution in [0.25, 0.3) is 16.6 Å². The summed E-state index contributed by atoms with van der Waals surface area (Å²) in [4.78, 5) is 29.9. The third-order valence-corrected chi connectivity index (χ3v) is 6.09. The minimum absolute atomic E-state index is 0.0295. The first-order valence-corrected chi connectivity index (χ1v) is 11.5. The van der Waals surface area contributed by atoms with Gasteiger partial charge >= 0.3 is 0 Å². The molecule has 0 radical (unpaired) electrons. The quantitative estimate of drug-likeness (QED) is 0.279. The fourth-order valence-corrected chi connectivity index (χ4v) is 3.99. The highest BCUT2D eigenvalue weighted by atomic mass is 19.1. The lowest BCUT2D eigenvalue weighted by molar-refractivity contribution is -0.109. The number of carbonyl (C=O) groups is 1. The van der Waals surface area contributed by atoms with Crippen molar-refractivity contribution < 1.29 is 14.3 Å². The molecule has 0 saturated heterocycles. The number of pyridine rings is 2. The topological polar surface area (TPSA) is 109 Å². The predicted molar refractivity (Wildman–Crippen MR) is 131 cm³/mol. The lowest BCUT2D eigenvalue weighted by atomic mass is 9.82. The van der Waals surface area contributed by atoms with Crippen molar-refractivity contribution in [2.24, 2.45) is 5.92 Å². The van der Waals surface area contributed by atoms with E-state index in [0.29, 0.717) is 42.8 Å². The van der Waals surface area contributed by atoms with E-state index in [1.54, 1.807) is 18.3 Å². The Bertz CT molecular complexity index is 1390. The van der Waals surface area contributed by atoms with Crippen LogP contribution in [0.4, 0.5) is 4.39 Å². The summed E-state index contributed by atoms with van der Waals surface area (Å²) >= 11 is 0. The highest BCUT2D eigenvalue weighted by Crippen LogP contribution is 2.26. The Morgan fingerprint density at radius 2 is 2.00 bits per heavy atom. The van der Waals surface area contributed by atoms with Crippen LogP contribution in [-0.4, -0.2) is 38.5 Å². The molecule has 3 N–H and O–H groups in total. The number of amides is 1. The molecule has 5 rings (SSSR count). The summed E-state index contributed by atoms with van der Waals surface area (Å²) < 4.78 is 15.6. The van der Waals surface area contributed by atoms with Crippen molar-refractivity contribution in [1.82, 2.24) is 25.0 Å². The van der Waals surface area contributed by atoms with Gasteiger partial charge in [0.25, 0.3) is 5.56 Å². The third kappa shape index (κ3) is 6.06. The molecule has 8 nitrogen and oxygen atoms in total. The second-order valence-electron chi connectivity index (χ2n) is 8.66. The highest BCUT2D eigenvalue weighted by Gasteiger charge is 2.28. The zero-order chi connectivity index (χ0) is 24.8. The van der Waals surface area contributed by atoms with Crippen molar-refractivity contribution in [2.45, 2.75) is 39.0 Å². The van der Waals surface area contributed by atoms with E-state index in [4.69, 9.17) is 0 Å². The van der Waals surface area contributed by atoms with E-state index in [1.807, 2.05) is 37.3 Å². The fourth-order valence-electron chi connectivity index (χ4n) is 3.99. The van der Waals surface area contributed by atoms with Crippen LogP contribution in [0, 0.1) is 18.8 Å². The van der Waals surface area contributed by atoms with Gasteiger partial charge in [-0.2, -0.15) is 4.39 Å². The molecule has 1 aliphatic carbocycles. The molecule has 182 valence electrons. The van der Waals surface area contributed by atoms with Crippen LogP contribution in [-0.2, 0) is 17.9 Å². The van der Waals surface area contributed by atoms with Crippen molar-refractivity contribution in [3.8, 4) is 0 Å². The first-order chi connectivity index (χ1) is 16.9. The van der Waals surface area contributed by atoms with E-state index >= 15 is 0 Å². The Kier molecular flexibility index (Phi) is 7.79. The fraction of sp³-hybridized carbons (Fsp3) is 0.308. The lowest BCUT2D eigenvalue weighted by Gasteiger charge is -2.32. The smallest absolute Gasteiger partial charge is 0.258 e. The molecule has 0 bridgehead atoms. The number of rotatable bonds is 7. The number of hydrogen-bond donors (Lipinski definition) is 3. The largest absolute Gasteiger partial charge is 0.393 e.